The molecular weight excluding hydrogens is 270 g/mol. The van der Waals surface area contributed by atoms with Crippen LogP contribution in [0.1, 0.15) is 18.4 Å². The lowest BCUT2D eigenvalue weighted by molar-refractivity contribution is -0.138. The fourth-order valence-electron chi connectivity index (χ4n) is 2.34. The molecule has 1 fully saturated rings. The van der Waals surface area contributed by atoms with Crippen molar-refractivity contribution in [3.63, 3.8) is 0 Å². The first-order valence-corrected chi connectivity index (χ1v) is 6.10. The van der Waals surface area contributed by atoms with E-state index in [1.54, 1.807) is 0 Å². The van der Waals surface area contributed by atoms with Crippen molar-refractivity contribution in [1.29, 1.82) is 0 Å². The zero-order valence-corrected chi connectivity index (χ0v) is 10.5. The van der Waals surface area contributed by atoms with Crippen LogP contribution in [0.5, 0.6) is 0 Å². The minimum absolute atomic E-state index is 0.196. The van der Waals surface area contributed by atoms with Crippen LogP contribution in [0.4, 0.5) is 0 Å². The van der Waals surface area contributed by atoms with E-state index < -0.39 is 5.97 Å². The van der Waals surface area contributed by atoms with E-state index in [0.29, 0.717) is 0 Å². The Hall–Kier alpha value is -0.870. The Morgan fingerprint density at radius 2 is 2.12 bits per heavy atom. The third-order valence-corrected chi connectivity index (χ3v) is 3.72. The van der Waals surface area contributed by atoms with Crippen molar-refractivity contribution in [3.05, 3.63) is 34.3 Å². The van der Waals surface area contributed by atoms with Crippen LogP contribution in [0.15, 0.2) is 28.7 Å². The minimum Gasteiger partial charge on any atom is -0.481 e. The van der Waals surface area contributed by atoms with Gasteiger partial charge in [0.05, 0.1) is 6.42 Å². The smallest absolute Gasteiger partial charge is 0.304 e. The van der Waals surface area contributed by atoms with Gasteiger partial charge in [0.1, 0.15) is 0 Å². The van der Waals surface area contributed by atoms with Crippen molar-refractivity contribution in [2.45, 2.75) is 18.3 Å². The minimum atomic E-state index is -0.730. The molecule has 4 heteroatoms. The number of hydrogen-bond acceptors (Lipinski definition) is 2. The predicted octanol–water partition coefficient (Wildman–Crippen LogP) is 2.15. The summed E-state index contributed by atoms with van der Waals surface area (Å²) in [5.41, 5.74) is 0.884. The van der Waals surface area contributed by atoms with Crippen molar-refractivity contribution in [2.24, 2.45) is 0 Å². The lowest BCUT2D eigenvalue weighted by Crippen LogP contribution is -2.31. The second-order valence-corrected chi connectivity index (χ2v) is 5.20. The fraction of sp³-hybridized carbons (Fsp3) is 0.417. The van der Waals surface area contributed by atoms with Gasteiger partial charge in [0, 0.05) is 16.4 Å². The first kappa shape index (κ1) is 11.6. The molecule has 0 bridgehead atoms. The first-order chi connectivity index (χ1) is 7.62. The molecule has 1 unspecified atom stereocenters. The summed E-state index contributed by atoms with van der Waals surface area (Å²) in [4.78, 5) is 11.0. The molecule has 0 aromatic heterocycles. The van der Waals surface area contributed by atoms with Crippen LogP contribution in [-0.4, -0.2) is 24.2 Å². The molecule has 1 aliphatic heterocycles. The number of benzene rings is 1. The van der Waals surface area contributed by atoms with Gasteiger partial charge in [-0.2, -0.15) is 0 Å². The highest BCUT2D eigenvalue weighted by Crippen LogP contribution is 2.34. The normalized spacial score (nSPS) is 24.6. The molecule has 0 aliphatic carbocycles. The second kappa shape index (κ2) is 4.55. The standard InChI is InChI=1S/C12H14BrNO2/c13-10-3-1-9(2-4-10)12(7-11(15)16)5-6-14-8-12/h1-4,14H,5-8H2,(H,15,16). The van der Waals surface area contributed by atoms with Crippen molar-refractivity contribution < 1.29 is 9.90 Å². The Kier molecular flexibility index (Phi) is 3.30. The largest absolute Gasteiger partial charge is 0.481 e. The van der Waals surface area contributed by atoms with Crippen molar-refractivity contribution in [2.75, 3.05) is 13.1 Å². The lowest BCUT2D eigenvalue weighted by atomic mass is 9.77. The quantitative estimate of drug-likeness (QED) is 0.894. The van der Waals surface area contributed by atoms with Crippen LogP contribution in [-0.2, 0) is 10.2 Å². The number of nitrogens with one attached hydrogen (secondary N) is 1. The van der Waals surface area contributed by atoms with E-state index in [0.717, 1.165) is 29.5 Å². The molecule has 1 saturated heterocycles. The Balaban J connectivity index is 2.31. The monoisotopic (exact) mass is 283 g/mol. The van der Waals surface area contributed by atoms with Crippen LogP contribution in [0, 0.1) is 0 Å². The van der Waals surface area contributed by atoms with E-state index in [2.05, 4.69) is 21.2 Å². The van der Waals surface area contributed by atoms with Crippen molar-refractivity contribution in [3.8, 4) is 0 Å². The highest BCUT2D eigenvalue weighted by molar-refractivity contribution is 9.10. The van der Waals surface area contributed by atoms with Gasteiger partial charge in [0.15, 0.2) is 0 Å². The molecule has 86 valence electrons. The molecule has 1 atom stereocenters. The van der Waals surface area contributed by atoms with Gasteiger partial charge in [0.25, 0.3) is 0 Å². The van der Waals surface area contributed by atoms with Crippen LogP contribution < -0.4 is 5.32 Å². The van der Waals surface area contributed by atoms with E-state index in [4.69, 9.17) is 5.11 Å². The maximum absolute atomic E-state index is 11.0. The number of hydrogen-bond donors (Lipinski definition) is 2. The van der Waals surface area contributed by atoms with E-state index in [1.165, 1.54) is 0 Å². The molecule has 0 amide bonds. The average molecular weight is 284 g/mol. The molecule has 1 aromatic carbocycles. The summed E-state index contributed by atoms with van der Waals surface area (Å²) in [6.45, 7) is 1.64. The van der Waals surface area contributed by atoms with Crippen LogP contribution in [0.3, 0.4) is 0 Å². The molecule has 2 N–H and O–H groups in total. The highest BCUT2D eigenvalue weighted by Gasteiger charge is 2.37. The summed E-state index contributed by atoms with van der Waals surface area (Å²) in [6.07, 6.45) is 1.09. The van der Waals surface area contributed by atoms with Gasteiger partial charge in [-0.3, -0.25) is 4.79 Å². The predicted molar refractivity (Wildman–Crippen MR) is 65.6 cm³/mol. The topological polar surface area (TPSA) is 49.3 Å². The second-order valence-electron chi connectivity index (χ2n) is 4.28. The fourth-order valence-corrected chi connectivity index (χ4v) is 2.60. The van der Waals surface area contributed by atoms with Gasteiger partial charge in [-0.25, -0.2) is 0 Å². The lowest BCUT2D eigenvalue weighted by Gasteiger charge is -2.27. The molecule has 16 heavy (non-hydrogen) atoms. The van der Waals surface area contributed by atoms with Crippen molar-refractivity contribution >= 4 is 21.9 Å². The highest BCUT2D eigenvalue weighted by atomic mass is 79.9. The van der Waals surface area contributed by atoms with Gasteiger partial charge in [-0.1, -0.05) is 28.1 Å². The zero-order valence-electron chi connectivity index (χ0n) is 8.87. The third-order valence-electron chi connectivity index (χ3n) is 3.19. The average Bonchev–Trinajstić information content (AvgIpc) is 2.67. The van der Waals surface area contributed by atoms with Gasteiger partial charge in [0.2, 0.25) is 0 Å². The number of rotatable bonds is 3. The SMILES string of the molecule is O=C(O)CC1(c2ccc(Br)cc2)CCNC1. The molecule has 0 saturated carbocycles. The van der Waals surface area contributed by atoms with Crippen LogP contribution >= 0.6 is 15.9 Å². The van der Waals surface area contributed by atoms with E-state index in [1.807, 2.05) is 24.3 Å². The van der Waals surface area contributed by atoms with Crippen LogP contribution in [0.2, 0.25) is 0 Å². The maximum atomic E-state index is 11.0. The molecule has 0 spiro atoms. The molecule has 2 rings (SSSR count). The summed E-state index contributed by atoms with van der Waals surface area (Å²) < 4.78 is 1.02. The summed E-state index contributed by atoms with van der Waals surface area (Å²) in [7, 11) is 0. The Morgan fingerprint density at radius 3 is 2.62 bits per heavy atom. The number of carboxylic acids is 1. The Bertz CT molecular complexity index is 383. The van der Waals surface area contributed by atoms with Gasteiger partial charge in [-0.15, -0.1) is 0 Å². The zero-order chi connectivity index (χ0) is 11.6. The van der Waals surface area contributed by atoms with Gasteiger partial charge < -0.3 is 10.4 Å². The summed E-state index contributed by atoms with van der Waals surface area (Å²) >= 11 is 3.39. The third kappa shape index (κ3) is 2.28. The Labute approximate surface area is 103 Å². The van der Waals surface area contributed by atoms with Crippen LogP contribution in [0.25, 0.3) is 0 Å². The summed E-state index contributed by atoms with van der Waals surface area (Å²) in [5, 5.41) is 12.3. The maximum Gasteiger partial charge on any atom is 0.304 e. The van der Waals surface area contributed by atoms with Crippen molar-refractivity contribution in [1.82, 2.24) is 5.32 Å². The molecular formula is C12H14BrNO2. The van der Waals surface area contributed by atoms with Gasteiger partial charge >= 0.3 is 5.97 Å². The molecule has 3 nitrogen and oxygen atoms in total. The van der Waals surface area contributed by atoms with E-state index in [9.17, 15) is 4.79 Å². The molecule has 1 aliphatic rings. The summed E-state index contributed by atoms with van der Waals surface area (Å²) in [5.74, 6) is -0.730. The van der Waals surface area contributed by atoms with E-state index in [-0.39, 0.29) is 11.8 Å². The number of carbonyl (C=O) groups is 1. The van der Waals surface area contributed by atoms with Gasteiger partial charge in [-0.05, 0) is 30.7 Å². The molecule has 1 aromatic rings. The first-order valence-electron chi connectivity index (χ1n) is 5.31. The Morgan fingerprint density at radius 1 is 1.44 bits per heavy atom. The number of carboxylic acid groups (broad SMARTS) is 1. The number of aliphatic carboxylic acids is 1. The summed E-state index contributed by atoms with van der Waals surface area (Å²) in [6, 6.07) is 7.97. The van der Waals surface area contributed by atoms with E-state index >= 15 is 0 Å². The molecule has 0 radical (unpaired) electrons. The number of halogens is 1. The molecule has 1 heterocycles.